The number of aryl methyl sites for hydroxylation is 1. The highest BCUT2D eigenvalue weighted by Gasteiger charge is 2.30. The van der Waals surface area contributed by atoms with E-state index in [9.17, 15) is 14.7 Å². The van der Waals surface area contributed by atoms with Gasteiger partial charge in [0.1, 0.15) is 5.75 Å². The summed E-state index contributed by atoms with van der Waals surface area (Å²) in [6, 6.07) is 14.6. The number of aromatic nitrogens is 2. The molecule has 0 spiro atoms. The van der Waals surface area contributed by atoms with Gasteiger partial charge in [0.2, 0.25) is 5.91 Å². The third-order valence-corrected chi connectivity index (χ3v) is 6.39. The van der Waals surface area contributed by atoms with Crippen molar-refractivity contribution < 1.29 is 14.7 Å². The number of phenols is 1. The molecular weight excluding hydrogens is 428 g/mol. The zero-order chi connectivity index (χ0) is 24.2. The monoisotopic (exact) mass is 460 g/mol. The molecule has 4 rings (SSSR count). The number of hydrogen-bond acceptors (Lipinski definition) is 4. The lowest BCUT2D eigenvalue weighted by molar-refractivity contribution is -0.120. The van der Waals surface area contributed by atoms with E-state index in [0.717, 1.165) is 36.9 Å². The Hall–Kier alpha value is -3.61. The van der Waals surface area contributed by atoms with Crippen molar-refractivity contribution in [2.24, 2.45) is 5.92 Å². The molecule has 178 valence electrons. The summed E-state index contributed by atoms with van der Waals surface area (Å²) in [6.45, 7) is 6.41. The minimum Gasteiger partial charge on any atom is -0.507 e. The molecule has 3 aromatic rings. The fraction of sp³-hybridized carbons (Fsp3) is 0.370. The maximum Gasteiger partial charge on any atom is 0.342 e. The quantitative estimate of drug-likeness (QED) is 0.409. The summed E-state index contributed by atoms with van der Waals surface area (Å²) in [6.07, 6.45) is 3.56. The zero-order valence-electron chi connectivity index (χ0n) is 20.0. The van der Waals surface area contributed by atoms with E-state index in [1.54, 1.807) is 12.1 Å². The summed E-state index contributed by atoms with van der Waals surface area (Å²) in [5.41, 5.74) is 4.62. The summed E-state index contributed by atoms with van der Waals surface area (Å²) in [4.78, 5) is 25.3. The number of benzene rings is 2. The van der Waals surface area contributed by atoms with Crippen LogP contribution in [0.2, 0.25) is 0 Å². The fourth-order valence-corrected chi connectivity index (χ4v) is 4.05. The highest BCUT2D eigenvalue weighted by atomic mass is 16.3. The smallest absolute Gasteiger partial charge is 0.342 e. The van der Waals surface area contributed by atoms with Gasteiger partial charge in [-0.25, -0.2) is 4.79 Å². The van der Waals surface area contributed by atoms with E-state index in [0.29, 0.717) is 29.4 Å². The van der Waals surface area contributed by atoms with Crippen LogP contribution in [0.15, 0.2) is 48.5 Å². The van der Waals surface area contributed by atoms with Gasteiger partial charge in [-0.15, -0.1) is 0 Å². The van der Waals surface area contributed by atoms with Crippen LogP contribution in [0.4, 0.5) is 10.5 Å². The second kappa shape index (κ2) is 10.1. The first-order valence-electron chi connectivity index (χ1n) is 12.0. The molecule has 1 saturated carbocycles. The van der Waals surface area contributed by atoms with Crippen molar-refractivity contribution >= 4 is 17.6 Å². The van der Waals surface area contributed by atoms with E-state index < -0.39 is 0 Å². The molecule has 1 aliphatic carbocycles. The number of rotatable bonds is 8. The first-order valence-corrected chi connectivity index (χ1v) is 12.0. The van der Waals surface area contributed by atoms with Gasteiger partial charge in [0.15, 0.2) is 0 Å². The van der Waals surface area contributed by atoms with Crippen LogP contribution in [-0.4, -0.2) is 26.8 Å². The number of anilines is 1. The van der Waals surface area contributed by atoms with E-state index in [1.165, 1.54) is 16.3 Å². The minimum atomic E-state index is -0.290. The van der Waals surface area contributed by atoms with Gasteiger partial charge in [0, 0.05) is 35.7 Å². The van der Waals surface area contributed by atoms with Gasteiger partial charge in [-0.1, -0.05) is 43.7 Å². The van der Waals surface area contributed by atoms with Gasteiger partial charge in [-0.05, 0) is 56.4 Å². The van der Waals surface area contributed by atoms with Crippen molar-refractivity contribution in [3.63, 3.8) is 0 Å². The molecule has 0 saturated heterocycles. The number of nitrogens with one attached hydrogen (secondary N) is 2. The fourth-order valence-electron chi connectivity index (χ4n) is 4.05. The van der Waals surface area contributed by atoms with Crippen molar-refractivity contribution in [2.75, 3.05) is 5.32 Å². The first-order chi connectivity index (χ1) is 16.4. The number of aromatic hydroxyl groups is 1. The largest absolute Gasteiger partial charge is 0.507 e. The second-order valence-corrected chi connectivity index (χ2v) is 9.02. The Bertz CT molecular complexity index is 1180. The SMILES string of the molecule is CCC(CC)C(=O)Nc1ccc(-c2cc(C3CC3)n(C(=O)NCc3ccc(C)cc3)n2)c(O)c1. The first kappa shape index (κ1) is 23.5. The number of carbonyl (C=O) groups is 2. The Morgan fingerprint density at radius 3 is 2.41 bits per heavy atom. The average molecular weight is 461 g/mol. The Morgan fingerprint density at radius 1 is 1.09 bits per heavy atom. The molecule has 0 unspecified atom stereocenters. The van der Waals surface area contributed by atoms with Crippen LogP contribution >= 0.6 is 0 Å². The van der Waals surface area contributed by atoms with E-state index in [1.807, 2.05) is 51.1 Å². The molecule has 0 atom stereocenters. The molecular formula is C27H32N4O3. The van der Waals surface area contributed by atoms with Gasteiger partial charge in [0.25, 0.3) is 0 Å². The molecule has 1 fully saturated rings. The molecule has 1 aromatic heterocycles. The molecule has 0 radical (unpaired) electrons. The normalized spacial score (nSPS) is 13.2. The van der Waals surface area contributed by atoms with E-state index in [2.05, 4.69) is 15.7 Å². The highest BCUT2D eigenvalue weighted by molar-refractivity contribution is 5.93. The van der Waals surface area contributed by atoms with Crippen molar-refractivity contribution in [1.82, 2.24) is 15.1 Å². The summed E-state index contributed by atoms with van der Waals surface area (Å²) in [5.74, 6) is 0.196. The van der Waals surface area contributed by atoms with Gasteiger partial charge >= 0.3 is 6.03 Å². The topological polar surface area (TPSA) is 96.3 Å². The van der Waals surface area contributed by atoms with Crippen LogP contribution in [0.5, 0.6) is 5.75 Å². The Labute approximate surface area is 200 Å². The Balaban J connectivity index is 1.52. The van der Waals surface area contributed by atoms with Crippen molar-refractivity contribution in [3.05, 3.63) is 65.4 Å². The van der Waals surface area contributed by atoms with Crippen LogP contribution in [0.3, 0.4) is 0 Å². The van der Waals surface area contributed by atoms with Crippen LogP contribution in [0.1, 0.15) is 62.3 Å². The Kier molecular flexibility index (Phi) is 7.01. The molecule has 3 N–H and O–H groups in total. The van der Waals surface area contributed by atoms with E-state index in [4.69, 9.17) is 0 Å². The number of nitrogens with zero attached hydrogens (tertiary/aromatic N) is 2. The Morgan fingerprint density at radius 2 is 1.79 bits per heavy atom. The molecule has 34 heavy (non-hydrogen) atoms. The zero-order valence-corrected chi connectivity index (χ0v) is 20.0. The molecule has 0 bridgehead atoms. The van der Waals surface area contributed by atoms with Gasteiger partial charge in [-0.3, -0.25) is 4.79 Å². The molecule has 1 aliphatic rings. The van der Waals surface area contributed by atoms with Crippen LogP contribution in [0, 0.1) is 12.8 Å². The standard InChI is InChI=1S/C27H32N4O3/c1-4-19(5-2)26(33)29-21-12-13-22(25(32)14-21)23-15-24(20-10-11-20)31(30-23)27(34)28-16-18-8-6-17(3)7-9-18/h6-9,12-15,19-20,32H,4-5,10-11,16H2,1-3H3,(H,28,34)(H,29,33). The van der Waals surface area contributed by atoms with E-state index in [-0.39, 0.29) is 23.6 Å². The lowest BCUT2D eigenvalue weighted by Crippen LogP contribution is -2.30. The number of carbonyl (C=O) groups excluding carboxylic acids is 2. The van der Waals surface area contributed by atoms with Crippen molar-refractivity contribution in [3.8, 4) is 17.0 Å². The summed E-state index contributed by atoms with van der Waals surface area (Å²) in [5, 5.41) is 21.0. The predicted octanol–water partition coefficient (Wildman–Crippen LogP) is 5.57. The number of hydrogen-bond donors (Lipinski definition) is 3. The molecule has 0 aliphatic heterocycles. The lowest BCUT2D eigenvalue weighted by atomic mass is 10.0. The predicted molar refractivity (Wildman–Crippen MR) is 133 cm³/mol. The van der Waals surface area contributed by atoms with Crippen molar-refractivity contribution in [1.29, 1.82) is 0 Å². The van der Waals surface area contributed by atoms with Crippen LogP contribution in [-0.2, 0) is 11.3 Å². The highest BCUT2D eigenvalue weighted by Crippen LogP contribution is 2.42. The lowest BCUT2D eigenvalue weighted by Gasteiger charge is -2.13. The van der Waals surface area contributed by atoms with Crippen LogP contribution in [0.25, 0.3) is 11.3 Å². The molecule has 7 heteroatoms. The van der Waals surface area contributed by atoms with Crippen molar-refractivity contribution in [2.45, 2.75) is 58.9 Å². The third-order valence-electron chi connectivity index (χ3n) is 6.39. The molecule has 1 heterocycles. The average Bonchev–Trinajstić information content (AvgIpc) is 3.58. The second-order valence-electron chi connectivity index (χ2n) is 9.02. The third kappa shape index (κ3) is 5.30. The molecule has 2 aromatic carbocycles. The maximum absolute atomic E-state index is 12.9. The van der Waals surface area contributed by atoms with Gasteiger partial charge in [0.05, 0.1) is 11.4 Å². The molecule has 7 nitrogen and oxygen atoms in total. The van der Waals surface area contributed by atoms with E-state index >= 15 is 0 Å². The molecule has 2 amide bonds. The number of phenolic OH excluding ortho intramolecular Hbond substituents is 1. The summed E-state index contributed by atoms with van der Waals surface area (Å²) >= 11 is 0. The van der Waals surface area contributed by atoms with Crippen LogP contribution < -0.4 is 10.6 Å². The minimum absolute atomic E-state index is 0.00871. The van der Waals surface area contributed by atoms with Gasteiger partial charge in [-0.2, -0.15) is 9.78 Å². The summed E-state index contributed by atoms with van der Waals surface area (Å²) < 4.78 is 1.42. The number of amides is 2. The maximum atomic E-state index is 12.9. The summed E-state index contributed by atoms with van der Waals surface area (Å²) in [7, 11) is 0. The van der Waals surface area contributed by atoms with Gasteiger partial charge < -0.3 is 15.7 Å².